The van der Waals surface area contributed by atoms with Crippen LogP contribution in [0, 0.1) is 12.7 Å². The molecule has 0 heterocycles. The Morgan fingerprint density at radius 1 is 1.19 bits per heavy atom. The Labute approximate surface area is 130 Å². The van der Waals surface area contributed by atoms with Crippen molar-refractivity contribution in [3.8, 4) is 11.5 Å². The van der Waals surface area contributed by atoms with Gasteiger partial charge in [0.15, 0.2) is 6.61 Å². The van der Waals surface area contributed by atoms with Crippen molar-refractivity contribution in [1.29, 1.82) is 0 Å². The van der Waals surface area contributed by atoms with Crippen molar-refractivity contribution in [2.75, 3.05) is 13.7 Å². The van der Waals surface area contributed by atoms with Crippen LogP contribution in [0.4, 0.5) is 4.39 Å². The zero-order valence-electron chi connectivity index (χ0n) is 11.7. The molecule has 0 spiro atoms. The number of carbonyl (C=O) groups excluding carboxylic acids is 1. The lowest BCUT2D eigenvalue weighted by atomic mass is 10.1. The molecule has 0 atom stereocenters. The van der Waals surface area contributed by atoms with E-state index in [1.54, 1.807) is 6.07 Å². The second-order valence-electron chi connectivity index (χ2n) is 4.49. The van der Waals surface area contributed by atoms with Gasteiger partial charge >= 0.3 is 0 Å². The van der Waals surface area contributed by atoms with Crippen LogP contribution in [0.5, 0.6) is 11.5 Å². The van der Waals surface area contributed by atoms with Gasteiger partial charge in [-0.05, 0) is 58.7 Å². The summed E-state index contributed by atoms with van der Waals surface area (Å²) in [7, 11) is 1.43. The maximum Gasteiger partial charge on any atom is 0.204 e. The first-order chi connectivity index (χ1) is 10.0. The molecule has 2 rings (SSSR count). The predicted molar refractivity (Wildman–Crippen MR) is 81.7 cm³/mol. The normalized spacial score (nSPS) is 10.3. The van der Waals surface area contributed by atoms with Crippen LogP contribution in [0.25, 0.3) is 0 Å². The van der Waals surface area contributed by atoms with Crippen LogP contribution in [0.1, 0.15) is 15.9 Å². The van der Waals surface area contributed by atoms with Crippen molar-refractivity contribution in [1.82, 2.24) is 0 Å². The minimum Gasteiger partial charge on any atom is -0.496 e. The van der Waals surface area contributed by atoms with Gasteiger partial charge in [-0.2, -0.15) is 0 Å². The van der Waals surface area contributed by atoms with Gasteiger partial charge in [-0.25, -0.2) is 4.39 Å². The quantitative estimate of drug-likeness (QED) is 0.757. The summed E-state index contributed by atoms with van der Waals surface area (Å²) >= 11 is 3.37. The summed E-state index contributed by atoms with van der Waals surface area (Å²) < 4.78 is 24.6. The van der Waals surface area contributed by atoms with E-state index >= 15 is 0 Å². The third-order valence-corrected chi connectivity index (χ3v) is 3.53. The van der Waals surface area contributed by atoms with Gasteiger partial charge in [0.1, 0.15) is 17.3 Å². The average molecular weight is 353 g/mol. The van der Waals surface area contributed by atoms with Gasteiger partial charge in [0.2, 0.25) is 5.78 Å². The molecule has 21 heavy (non-hydrogen) atoms. The molecular weight excluding hydrogens is 339 g/mol. The zero-order chi connectivity index (χ0) is 15.4. The molecule has 0 fully saturated rings. The average Bonchev–Trinajstić information content (AvgIpc) is 2.46. The van der Waals surface area contributed by atoms with E-state index in [1.165, 1.54) is 19.2 Å². The number of benzene rings is 2. The highest BCUT2D eigenvalue weighted by atomic mass is 79.9. The maximum atomic E-state index is 13.3. The van der Waals surface area contributed by atoms with Crippen molar-refractivity contribution < 1.29 is 18.7 Å². The summed E-state index contributed by atoms with van der Waals surface area (Å²) in [6, 6.07) is 9.36. The molecule has 0 aliphatic carbocycles. The minimum atomic E-state index is -0.490. The van der Waals surface area contributed by atoms with Crippen LogP contribution in [0.2, 0.25) is 0 Å². The molecule has 0 radical (unpaired) electrons. The first-order valence-electron chi connectivity index (χ1n) is 6.27. The molecule has 0 saturated carbocycles. The van der Waals surface area contributed by atoms with Gasteiger partial charge in [0.05, 0.1) is 17.1 Å². The van der Waals surface area contributed by atoms with Crippen LogP contribution < -0.4 is 9.47 Å². The van der Waals surface area contributed by atoms with E-state index in [0.29, 0.717) is 11.5 Å². The van der Waals surface area contributed by atoms with Gasteiger partial charge in [-0.1, -0.05) is 6.07 Å². The lowest BCUT2D eigenvalue weighted by Gasteiger charge is -2.10. The van der Waals surface area contributed by atoms with Crippen molar-refractivity contribution in [2.24, 2.45) is 0 Å². The molecule has 0 saturated heterocycles. The molecule has 2 aromatic carbocycles. The van der Waals surface area contributed by atoms with E-state index in [4.69, 9.17) is 9.47 Å². The Morgan fingerprint density at radius 2 is 1.90 bits per heavy atom. The van der Waals surface area contributed by atoms with E-state index in [-0.39, 0.29) is 18.0 Å². The highest BCUT2D eigenvalue weighted by Gasteiger charge is 2.14. The van der Waals surface area contributed by atoms with Crippen LogP contribution in [-0.2, 0) is 0 Å². The second-order valence-corrected chi connectivity index (χ2v) is 5.34. The summed E-state index contributed by atoms with van der Waals surface area (Å²) in [5.41, 5.74) is 1.24. The molecule has 0 N–H and O–H groups in total. The lowest BCUT2D eigenvalue weighted by Crippen LogP contribution is -2.13. The Balaban J connectivity index is 2.13. The molecule has 0 amide bonds. The van der Waals surface area contributed by atoms with E-state index in [2.05, 4.69) is 15.9 Å². The molecule has 3 nitrogen and oxygen atoms in total. The smallest absolute Gasteiger partial charge is 0.204 e. The number of ketones is 1. The number of rotatable bonds is 5. The molecular formula is C16H14BrFO3. The second kappa shape index (κ2) is 6.72. The Bertz CT molecular complexity index is 671. The summed E-state index contributed by atoms with van der Waals surface area (Å²) in [6.07, 6.45) is 0. The number of ether oxygens (including phenoxy) is 2. The number of methoxy groups -OCH3 is 1. The Kier molecular flexibility index (Phi) is 4.96. The molecule has 5 heteroatoms. The standard InChI is InChI=1S/C16H14BrFO3/c1-10-3-5-16(13(17)7-10)21-9-14(19)12-8-11(18)4-6-15(12)20-2/h3-8H,9H2,1-2H3. The number of aryl methyl sites for hydroxylation is 1. The fourth-order valence-corrected chi connectivity index (χ4v) is 2.45. The summed E-state index contributed by atoms with van der Waals surface area (Å²) in [6.45, 7) is 1.76. The van der Waals surface area contributed by atoms with E-state index in [0.717, 1.165) is 16.1 Å². The highest BCUT2D eigenvalue weighted by Crippen LogP contribution is 2.26. The molecule has 0 bridgehead atoms. The number of carbonyl (C=O) groups is 1. The van der Waals surface area contributed by atoms with Gasteiger partial charge in [-0.15, -0.1) is 0 Å². The molecule has 0 aliphatic rings. The minimum absolute atomic E-state index is 0.167. The number of halogens is 2. The van der Waals surface area contributed by atoms with Gasteiger partial charge in [0, 0.05) is 0 Å². The van der Waals surface area contributed by atoms with Crippen LogP contribution >= 0.6 is 15.9 Å². The first-order valence-corrected chi connectivity index (χ1v) is 7.06. The van der Waals surface area contributed by atoms with Crippen LogP contribution in [0.15, 0.2) is 40.9 Å². The van der Waals surface area contributed by atoms with Gasteiger partial charge in [-0.3, -0.25) is 4.79 Å². The monoisotopic (exact) mass is 352 g/mol. The number of hydrogen-bond acceptors (Lipinski definition) is 3. The number of hydrogen-bond donors (Lipinski definition) is 0. The topological polar surface area (TPSA) is 35.5 Å². The van der Waals surface area contributed by atoms with Crippen molar-refractivity contribution >= 4 is 21.7 Å². The van der Waals surface area contributed by atoms with E-state index in [1.807, 2.05) is 19.1 Å². The fourth-order valence-electron chi connectivity index (χ4n) is 1.84. The summed E-state index contributed by atoms with van der Waals surface area (Å²) in [4.78, 5) is 12.1. The highest BCUT2D eigenvalue weighted by molar-refractivity contribution is 9.10. The lowest BCUT2D eigenvalue weighted by molar-refractivity contribution is 0.0917. The SMILES string of the molecule is COc1ccc(F)cc1C(=O)COc1ccc(C)cc1Br. The van der Waals surface area contributed by atoms with Gasteiger partial charge < -0.3 is 9.47 Å². The molecule has 110 valence electrons. The predicted octanol–water partition coefficient (Wildman–Crippen LogP) is 4.17. The third-order valence-electron chi connectivity index (χ3n) is 2.91. The molecule has 0 aliphatic heterocycles. The number of Topliss-reactive ketones (excluding diaryl/α,β-unsaturated/α-hetero) is 1. The summed E-state index contributed by atoms with van der Waals surface area (Å²) in [5, 5.41) is 0. The van der Waals surface area contributed by atoms with Crippen molar-refractivity contribution in [3.63, 3.8) is 0 Å². The van der Waals surface area contributed by atoms with E-state index < -0.39 is 5.82 Å². The molecule has 0 aromatic heterocycles. The summed E-state index contributed by atoms with van der Waals surface area (Å²) in [5.74, 6) is 0.0479. The zero-order valence-corrected chi connectivity index (χ0v) is 13.2. The fraction of sp³-hybridized carbons (Fsp3) is 0.188. The van der Waals surface area contributed by atoms with Crippen molar-refractivity contribution in [2.45, 2.75) is 6.92 Å². The first kappa shape index (κ1) is 15.5. The Hall–Kier alpha value is -1.88. The van der Waals surface area contributed by atoms with Crippen LogP contribution in [0.3, 0.4) is 0 Å². The molecule has 0 unspecified atom stereocenters. The van der Waals surface area contributed by atoms with Crippen molar-refractivity contribution in [3.05, 3.63) is 57.8 Å². The van der Waals surface area contributed by atoms with Gasteiger partial charge in [0.25, 0.3) is 0 Å². The third kappa shape index (κ3) is 3.82. The largest absolute Gasteiger partial charge is 0.496 e. The molecule has 2 aromatic rings. The maximum absolute atomic E-state index is 13.3. The van der Waals surface area contributed by atoms with E-state index in [9.17, 15) is 9.18 Å². The van der Waals surface area contributed by atoms with Crippen LogP contribution in [-0.4, -0.2) is 19.5 Å². The Morgan fingerprint density at radius 3 is 2.57 bits per heavy atom.